The summed E-state index contributed by atoms with van der Waals surface area (Å²) in [6.45, 7) is 5.10. The fourth-order valence-corrected chi connectivity index (χ4v) is 1.86. The normalized spacial score (nSPS) is 13.6. The van der Waals surface area contributed by atoms with E-state index in [1.54, 1.807) is 20.8 Å². The molecular formula is C17H24FNO3. The average molecular weight is 309 g/mol. The maximum atomic E-state index is 14.2. The lowest BCUT2D eigenvalue weighted by Gasteiger charge is -2.23. The molecule has 0 aliphatic heterocycles. The van der Waals surface area contributed by atoms with Gasteiger partial charge in [0.2, 0.25) is 0 Å². The number of hydrogen-bond donors (Lipinski definition) is 2. The van der Waals surface area contributed by atoms with Crippen molar-refractivity contribution in [3.8, 4) is 0 Å². The largest absolute Gasteiger partial charge is 0.444 e. The Hall–Kier alpha value is -1.88. The fourth-order valence-electron chi connectivity index (χ4n) is 1.86. The Balaban J connectivity index is 2.80. The summed E-state index contributed by atoms with van der Waals surface area (Å²) >= 11 is 0. The molecule has 0 saturated carbocycles. The van der Waals surface area contributed by atoms with E-state index in [1.165, 1.54) is 6.08 Å². The van der Waals surface area contributed by atoms with E-state index in [1.807, 2.05) is 30.3 Å². The van der Waals surface area contributed by atoms with Crippen LogP contribution in [0.2, 0.25) is 0 Å². The van der Waals surface area contributed by atoms with Crippen LogP contribution in [0.1, 0.15) is 32.8 Å². The molecule has 4 nitrogen and oxygen atoms in total. The van der Waals surface area contributed by atoms with Gasteiger partial charge in [0.1, 0.15) is 11.4 Å². The summed E-state index contributed by atoms with van der Waals surface area (Å²) in [7, 11) is 0. The smallest absolute Gasteiger partial charge is 0.408 e. The molecule has 0 aliphatic carbocycles. The molecule has 0 saturated heterocycles. The second-order valence-electron chi connectivity index (χ2n) is 5.99. The molecule has 0 radical (unpaired) electrons. The highest BCUT2D eigenvalue weighted by Crippen LogP contribution is 2.14. The molecule has 1 rings (SSSR count). The van der Waals surface area contributed by atoms with Gasteiger partial charge in [-0.2, -0.15) is 0 Å². The summed E-state index contributed by atoms with van der Waals surface area (Å²) in [6.07, 6.45) is 1.13. The van der Waals surface area contributed by atoms with E-state index in [4.69, 9.17) is 9.84 Å². The standard InChI is InChI=1S/C17H24FNO3/c1-17(2,3)22-16(21)19-15(14(18)10-7-11-20)12-13-8-5-4-6-9-13/h4-6,8-10,15,20H,7,11-12H2,1-3H3,(H,19,21)/b14-10-/t15-/m1/s1. The minimum absolute atomic E-state index is 0.141. The SMILES string of the molecule is CC(C)(C)OC(=O)N[C@H](Cc1ccccc1)/C(F)=C/CCO. The van der Waals surface area contributed by atoms with E-state index in [0.29, 0.717) is 6.42 Å². The number of nitrogens with one attached hydrogen (secondary N) is 1. The van der Waals surface area contributed by atoms with Crippen molar-refractivity contribution in [2.75, 3.05) is 6.61 Å². The van der Waals surface area contributed by atoms with E-state index in [-0.39, 0.29) is 13.0 Å². The monoisotopic (exact) mass is 309 g/mol. The van der Waals surface area contributed by atoms with Crippen LogP contribution in [0, 0.1) is 0 Å². The summed E-state index contributed by atoms with van der Waals surface area (Å²) in [4.78, 5) is 11.9. The van der Waals surface area contributed by atoms with Gasteiger partial charge in [-0.05, 0) is 45.3 Å². The predicted molar refractivity (Wildman–Crippen MR) is 84.2 cm³/mol. The number of carbonyl (C=O) groups is 1. The van der Waals surface area contributed by atoms with E-state index < -0.39 is 23.6 Å². The Kier molecular flexibility index (Phi) is 7.05. The van der Waals surface area contributed by atoms with Crippen LogP contribution in [0.25, 0.3) is 0 Å². The number of aliphatic hydroxyl groups is 1. The van der Waals surface area contributed by atoms with Crippen molar-refractivity contribution in [3.05, 3.63) is 47.8 Å². The summed E-state index contributed by atoms with van der Waals surface area (Å²) in [6, 6.07) is 8.50. The Morgan fingerprint density at radius 2 is 2.00 bits per heavy atom. The first-order valence-corrected chi connectivity index (χ1v) is 7.31. The second-order valence-corrected chi connectivity index (χ2v) is 5.99. The number of ether oxygens (including phenoxy) is 1. The summed E-state index contributed by atoms with van der Waals surface area (Å²) < 4.78 is 19.4. The molecule has 0 aliphatic rings. The molecule has 1 amide bonds. The number of alkyl carbamates (subject to hydrolysis) is 1. The first-order valence-electron chi connectivity index (χ1n) is 7.31. The molecule has 1 aromatic rings. The van der Waals surface area contributed by atoms with Crippen LogP contribution in [-0.2, 0) is 11.2 Å². The molecule has 0 bridgehead atoms. The van der Waals surface area contributed by atoms with Gasteiger partial charge in [-0.1, -0.05) is 30.3 Å². The van der Waals surface area contributed by atoms with E-state index >= 15 is 0 Å². The number of rotatable bonds is 6. The van der Waals surface area contributed by atoms with Crippen LogP contribution < -0.4 is 5.32 Å². The number of aliphatic hydroxyl groups excluding tert-OH is 1. The quantitative estimate of drug-likeness (QED) is 0.847. The van der Waals surface area contributed by atoms with Crippen molar-refractivity contribution in [1.29, 1.82) is 0 Å². The van der Waals surface area contributed by atoms with Gasteiger partial charge in [0.05, 0.1) is 6.04 Å². The highest BCUT2D eigenvalue weighted by atomic mass is 19.1. The molecule has 0 spiro atoms. The Labute approximate surface area is 131 Å². The molecular weight excluding hydrogens is 285 g/mol. The number of carbonyl (C=O) groups excluding carboxylic acids is 1. The van der Waals surface area contributed by atoms with Crippen LogP contribution in [0.15, 0.2) is 42.2 Å². The van der Waals surface area contributed by atoms with Crippen molar-refractivity contribution < 1.29 is 19.0 Å². The van der Waals surface area contributed by atoms with Crippen LogP contribution in [0.4, 0.5) is 9.18 Å². The number of benzene rings is 1. The van der Waals surface area contributed by atoms with E-state index in [2.05, 4.69) is 5.32 Å². The van der Waals surface area contributed by atoms with Gasteiger partial charge in [0.15, 0.2) is 0 Å². The number of halogens is 1. The fraction of sp³-hybridized carbons (Fsp3) is 0.471. The van der Waals surface area contributed by atoms with Gasteiger partial charge in [-0.15, -0.1) is 0 Å². The van der Waals surface area contributed by atoms with E-state index in [0.717, 1.165) is 5.56 Å². The van der Waals surface area contributed by atoms with Gasteiger partial charge in [-0.25, -0.2) is 9.18 Å². The number of amides is 1. The minimum atomic E-state index is -0.816. The molecule has 5 heteroatoms. The lowest BCUT2D eigenvalue weighted by atomic mass is 10.0. The van der Waals surface area contributed by atoms with E-state index in [9.17, 15) is 9.18 Å². The van der Waals surface area contributed by atoms with Crippen LogP contribution in [0.3, 0.4) is 0 Å². The number of hydrogen-bond acceptors (Lipinski definition) is 3. The van der Waals surface area contributed by atoms with Gasteiger partial charge < -0.3 is 15.2 Å². The molecule has 22 heavy (non-hydrogen) atoms. The molecule has 0 heterocycles. The third-order valence-electron chi connectivity index (χ3n) is 2.77. The average Bonchev–Trinajstić information content (AvgIpc) is 2.43. The third-order valence-corrected chi connectivity index (χ3v) is 2.77. The van der Waals surface area contributed by atoms with Crippen LogP contribution in [-0.4, -0.2) is 29.4 Å². The Morgan fingerprint density at radius 3 is 2.55 bits per heavy atom. The zero-order valence-corrected chi connectivity index (χ0v) is 13.3. The second kappa shape index (κ2) is 8.54. The third kappa shape index (κ3) is 7.22. The topological polar surface area (TPSA) is 58.6 Å². The Morgan fingerprint density at radius 1 is 1.36 bits per heavy atom. The molecule has 122 valence electrons. The maximum absolute atomic E-state index is 14.2. The lowest BCUT2D eigenvalue weighted by Crippen LogP contribution is -2.40. The molecule has 0 unspecified atom stereocenters. The predicted octanol–water partition coefficient (Wildman–Crippen LogP) is 3.36. The highest BCUT2D eigenvalue weighted by Gasteiger charge is 2.22. The molecule has 0 aromatic heterocycles. The van der Waals surface area contributed by atoms with Crippen molar-refractivity contribution in [2.24, 2.45) is 0 Å². The van der Waals surface area contributed by atoms with Gasteiger partial charge in [0.25, 0.3) is 0 Å². The summed E-state index contributed by atoms with van der Waals surface area (Å²) in [5.74, 6) is -0.483. The zero-order valence-electron chi connectivity index (χ0n) is 13.3. The molecule has 2 N–H and O–H groups in total. The molecule has 1 atom stereocenters. The lowest BCUT2D eigenvalue weighted by molar-refractivity contribution is 0.0506. The maximum Gasteiger partial charge on any atom is 0.408 e. The zero-order chi connectivity index (χ0) is 16.6. The van der Waals surface area contributed by atoms with Crippen LogP contribution in [0.5, 0.6) is 0 Å². The molecule has 1 aromatic carbocycles. The van der Waals surface area contributed by atoms with Crippen molar-refractivity contribution in [2.45, 2.75) is 45.3 Å². The summed E-state index contributed by atoms with van der Waals surface area (Å²) in [5, 5.41) is 11.3. The first kappa shape index (κ1) is 18.2. The van der Waals surface area contributed by atoms with Crippen LogP contribution >= 0.6 is 0 Å². The highest BCUT2D eigenvalue weighted by molar-refractivity contribution is 5.68. The first-order chi connectivity index (χ1) is 10.3. The Bertz CT molecular complexity index is 494. The van der Waals surface area contributed by atoms with Crippen molar-refractivity contribution >= 4 is 6.09 Å². The van der Waals surface area contributed by atoms with Crippen molar-refractivity contribution in [1.82, 2.24) is 5.32 Å². The van der Waals surface area contributed by atoms with Gasteiger partial charge in [-0.3, -0.25) is 0 Å². The molecule has 0 fully saturated rings. The van der Waals surface area contributed by atoms with Crippen molar-refractivity contribution in [3.63, 3.8) is 0 Å². The minimum Gasteiger partial charge on any atom is -0.444 e. The summed E-state index contributed by atoms with van der Waals surface area (Å²) in [5.41, 5.74) is 0.253. The van der Waals surface area contributed by atoms with Gasteiger partial charge >= 0.3 is 6.09 Å². The van der Waals surface area contributed by atoms with Gasteiger partial charge in [0, 0.05) is 6.61 Å².